The molecule has 2 heterocycles. The van der Waals surface area contributed by atoms with Crippen LogP contribution in [0.25, 0.3) is 0 Å². The first-order chi connectivity index (χ1) is 11.9. The average Bonchev–Trinajstić information content (AvgIpc) is 3.04. The minimum atomic E-state index is -3.50. The topological polar surface area (TPSA) is 77.9 Å². The minimum absolute atomic E-state index is 0.0402. The SMILES string of the molecule is O=C(Cc1ccc(O)cc1)N1CCN(S(=O)(=O)c2ccc(Br)s2)CC1. The summed E-state index contributed by atoms with van der Waals surface area (Å²) in [6, 6.07) is 9.82. The molecule has 1 aromatic carbocycles. The number of benzene rings is 1. The smallest absolute Gasteiger partial charge is 0.252 e. The van der Waals surface area contributed by atoms with Crippen molar-refractivity contribution in [3.63, 3.8) is 0 Å². The highest BCUT2D eigenvalue weighted by Gasteiger charge is 2.31. The van der Waals surface area contributed by atoms with Crippen LogP contribution >= 0.6 is 27.3 Å². The molecule has 1 amide bonds. The van der Waals surface area contributed by atoms with Crippen LogP contribution in [0.2, 0.25) is 0 Å². The average molecular weight is 445 g/mol. The molecule has 0 saturated carbocycles. The molecule has 0 bridgehead atoms. The summed E-state index contributed by atoms with van der Waals surface area (Å²) in [6.45, 7) is 1.34. The Labute approximate surface area is 158 Å². The first-order valence-electron chi connectivity index (χ1n) is 7.67. The lowest BCUT2D eigenvalue weighted by atomic mass is 10.1. The number of hydrogen-bond donors (Lipinski definition) is 1. The Kier molecular flexibility index (Phi) is 5.47. The van der Waals surface area contributed by atoms with Crippen molar-refractivity contribution in [1.29, 1.82) is 0 Å². The maximum absolute atomic E-state index is 12.6. The first-order valence-corrected chi connectivity index (χ1v) is 10.7. The van der Waals surface area contributed by atoms with Crippen molar-refractivity contribution in [2.24, 2.45) is 0 Å². The molecule has 3 rings (SSSR count). The van der Waals surface area contributed by atoms with Gasteiger partial charge in [0.05, 0.1) is 10.2 Å². The van der Waals surface area contributed by atoms with Crippen molar-refractivity contribution in [2.45, 2.75) is 10.6 Å². The molecule has 2 aromatic rings. The van der Waals surface area contributed by atoms with Crippen molar-refractivity contribution < 1.29 is 18.3 Å². The second-order valence-electron chi connectivity index (χ2n) is 5.69. The highest BCUT2D eigenvalue weighted by atomic mass is 79.9. The van der Waals surface area contributed by atoms with Crippen LogP contribution in [-0.4, -0.2) is 54.8 Å². The predicted octanol–water partition coefficient (Wildman–Crippen LogP) is 2.29. The summed E-state index contributed by atoms with van der Waals surface area (Å²) >= 11 is 4.46. The molecule has 0 unspecified atom stereocenters. The summed E-state index contributed by atoms with van der Waals surface area (Å²) in [6.07, 6.45) is 0.241. The first kappa shape index (κ1) is 18.4. The maximum Gasteiger partial charge on any atom is 0.252 e. The summed E-state index contributed by atoms with van der Waals surface area (Å²) in [5.41, 5.74) is 0.821. The number of aromatic hydroxyl groups is 1. The van der Waals surface area contributed by atoms with E-state index >= 15 is 0 Å². The van der Waals surface area contributed by atoms with Crippen LogP contribution in [0.1, 0.15) is 5.56 Å². The highest BCUT2D eigenvalue weighted by molar-refractivity contribution is 9.11. The van der Waals surface area contributed by atoms with Gasteiger partial charge in [-0.05, 0) is 45.8 Å². The minimum Gasteiger partial charge on any atom is -0.508 e. The van der Waals surface area contributed by atoms with Gasteiger partial charge in [0.25, 0.3) is 10.0 Å². The molecule has 0 spiro atoms. The number of carbonyl (C=O) groups excluding carboxylic acids is 1. The van der Waals surface area contributed by atoms with E-state index in [4.69, 9.17) is 0 Å². The zero-order valence-corrected chi connectivity index (χ0v) is 16.5. The third-order valence-corrected chi connectivity index (χ3v) is 8.02. The fraction of sp³-hybridized carbons (Fsp3) is 0.312. The van der Waals surface area contributed by atoms with Crippen LogP contribution in [0.15, 0.2) is 44.4 Å². The highest BCUT2D eigenvalue weighted by Crippen LogP contribution is 2.29. The zero-order chi connectivity index (χ0) is 18.0. The number of hydrogen-bond acceptors (Lipinski definition) is 5. The summed E-state index contributed by atoms with van der Waals surface area (Å²) in [5.74, 6) is 0.122. The molecule has 6 nitrogen and oxygen atoms in total. The Bertz CT molecular complexity index is 857. The molecule has 1 fully saturated rings. The standard InChI is InChI=1S/C16H17BrN2O4S2/c17-14-5-6-16(24-14)25(22,23)19-9-7-18(8-10-19)15(21)11-12-1-3-13(20)4-2-12/h1-6,20H,7-11H2. The van der Waals surface area contributed by atoms with Crippen LogP contribution in [-0.2, 0) is 21.2 Å². The van der Waals surface area contributed by atoms with Gasteiger partial charge in [0.15, 0.2) is 0 Å². The van der Waals surface area contributed by atoms with Gasteiger partial charge in [-0.3, -0.25) is 4.79 Å². The predicted molar refractivity (Wildman–Crippen MR) is 99.2 cm³/mol. The quantitative estimate of drug-likeness (QED) is 0.784. The van der Waals surface area contributed by atoms with Gasteiger partial charge in [-0.1, -0.05) is 12.1 Å². The number of sulfonamides is 1. The van der Waals surface area contributed by atoms with E-state index in [0.29, 0.717) is 30.4 Å². The van der Waals surface area contributed by atoms with Gasteiger partial charge in [0.2, 0.25) is 5.91 Å². The Morgan fingerprint density at radius 1 is 1.08 bits per heavy atom. The fourth-order valence-corrected chi connectivity index (χ4v) is 6.23. The number of thiophene rings is 1. The van der Waals surface area contributed by atoms with Gasteiger partial charge < -0.3 is 10.0 Å². The van der Waals surface area contributed by atoms with Crippen molar-refractivity contribution >= 4 is 43.2 Å². The number of rotatable bonds is 4. The Balaban J connectivity index is 1.59. The van der Waals surface area contributed by atoms with E-state index in [-0.39, 0.29) is 18.1 Å². The number of nitrogens with zero attached hydrogens (tertiary/aromatic N) is 2. The third-order valence-electron chi connectivity index (χ3n) is 4.03. The molecule has 0 atom stereocenters. The van der Waals surface area contributed by atoms with Crippen LogP contribution in [0, 0.1) is 0 Å². The molecule has 1 aliphatic rings. The Morgan fingerprint density at radius 2 is 1.72 bits per heavy atom. The summed E-state index contributed by atoms with van der Waals surface area (Å²) in [4.78, 5) is 14.1. The number of phenolic OH excluding ortho intramolecular Hbond substituents is 1. The normalized spacial score (nSPS) is 16.1. The molecular formula is C16H17BrN2O4S2. The van der Waals surface area contributed by atoms with Gasteiger partial charge in [-0.2, -0.15) is 4.31 Å². The lowest BCUT2D eigenvalue weighted by Crippen LogP contribution is -2.50. The van der Waals surface area contributed by atoms with Crippen LogP contribution in [0.4, 0.5) is 0 Å². The van der Waals surface area contributed by atoms with E-state index < -0.39 is 10.0 Å². The van der Waals surface area contributed by atoms with Crippen molar-refractivity contribution in [1.82, 2.24) is 9.21 Å². The monoisotopic (exact) mass is 444 g/mol. The van der Waals surface area contributed by atoms with Crippen LogP contribution < -0.4 is 0 Å². The van der Waals surface area contributed by atoms with E-state index in [9.17, 15) is 18.3 Å². The van der Waals surface area contributed by atoms with E-state index in [0.717, 1.165) is 9.35 Å². The molecular weight excluding hydrogens is 428 g/mol. The van der Waals surface area contributed by atoms with Crippen molar-refractivity contribution in [2.75, 3.05) is 26.2 Å². The molecule has 134 valence electrons. The van der Waals surface area contributed by atoms with E-state index in [1.165, 1.54) is 15.6 Å². The number of halogens is 1. The van der Waals surface area contributed by atoms with Crippen molar-refractivity contribution in [3.8, 4) is 5.75 Å². The number of carbonyl (C=O) groups is 1. The van der Waals surface area contributed by atoms with Gasteiger partial charge in [-0.15, -0.1) is 11.3 Å². The van der Waals surface area contributed by atoms with E-state index in [1.54, 1.807) is 41.3 Å². The summed E-state index contributed by atoms with van der Waals surface area (Å²) in [7, 11) is -3.50. The van der Waals surface area contributed by atoms with Crippen LogP contribution in [0.5, 0.6) is 5.75 Å². The molecule has 1 aliphatic heterocycles. The van der Waals surface area contributed by atoms with E-state index in [1.807, 2.05) is 0 Å². The number of phenols is 1. The molecule has 0 radical (unpaired) electrons. The molecule has 1 aromatic heterocycles. The van der Waals surface area contributed by atoms with Gasteiger partial charge in [0, 0.05) is 26.2 Å². The third kappa shape index (κ3) is 4.22. The molecule has 25 heavy (non-hydrogen) atoms. The van der Waals surface area contributed by atoms with Gasteiger partial charge >= 0.3 is 0 Å². The second-order valence-corrected chi connectivity index (χ2v) is 10.3. The Morgan fingerprint density at radius 3 is 2.28 bits per heavy atom. The Hall–Kier alpha value is -1.42. The zero-order valence-electron chi connectivity index (χ0n) is 13.3. The largest absolute Gasteiger partial charge is 0.508 e. The molecule has 1 saturated heterocycles. The molecule has 9 heteroatoms. The number of piperazine rings is 1. The fourth-order valence-electron chi connectivity index (χ4n) is 2.64. The van der Waals surface area contributed by atoms with Gasteiger partial charge in [-0.25, -0.2) is 8.42 Å². The van der Waals surface area contributed by atoms with Crippen LogP contribution in [0.3, 0.4) is 0 Å². The number of amides is 1. The maximum atomic E-state index is 12.6. The van der Waals surface area contributed by atoms with Crippen molar-refractivity contribution in [3.05, 3.63) is 45.7 Å². The lowest BCUT2D eigenvalue weighted by molar-refractivity contribution is -0.131. The summed E-state index contributed by atoms with van der Waals surface area (Å²) < 4.78 is 27.7. The van der Waals surface area contributed by atoms with Gasteiger partial charge in [0.1, 0.15) is 9.96 Å². The second kappa shape index (κ2) is 7.45. The van der Waals surface area contributed by atoms with E-state index in [2.05, 4.69) is 15.9 Å². The lowest BCUT2D eigenvalue weighted by Gasteiger charge is -2.33. The summed E-state index contributed by atoms with van der Waals surface area (Å²) in [5, 5.41) is 9.28. The molecule has 1 N–H and O–H groups in total. The molecule has 0 aliphatic carbocycles.